The maximum atomic E-state index is 13.0. The van der Waals surface area contributed by atoms with Gasteiger partial charge in [0.2, 0.25) is 0 Å². The minimum atomic E-state index is 0.0210. The van der Waals surface area contributed by atoms with E-state index >= 15 is 0 Å². The summed E-state index contributed by atoms with van der Waals surface area (Å²) < 4.78 is 11.2. The minimum Gasteiger partial charge on any atom is -0.493 e. The number of carbonyl (C=O) groups is 1. The van der Waals surface area contributed by atoms with Crippen molar-refractivity contribution < 1.29 is 14.3 Å². The van der Waals surface area contributed by atoms with Crippen molar-refractivity contribution in [3.05, 3.63) is 23.8 Å². The second-order valence-corrected chi connectivity index (χ2v) is 8.55. The van der Waals surface area contributed by atoms with Crippen molar-refractivity contribution in [1.82, 2.24) is 9.91 Å². The van der Waals surface area contributed by atoms with Crippen LogP contribution in [0.2, 0.25) is 0 Å². The highest BCUT2D eigenvalue weighted by Crippen LogP contribution is 2.35. The summed E-state index contributed by atoms with van der Waals surface area (Å²) >= 11 is 1.39. The lowest BCUT2D eigenvalue weighted by Crippen LogP contribution is -2.51. The number of carbonyl (C=O) groups excluding carboxylic acids is 1. The molecule has 6 nitrogen and oxygen atoms in total. The molecule has 160 valence electrons. The molecule has 1 fully saturated rings. The van der Waals surface area contributed by atoms with E-state index in [0.717, 1.165) is 37.2 Å². The largest absolute Gasteiger partial charge is 0.493 e. The molecular weight excluding hydrogens is 386 g/mol. The number of ether oxygens (including phenoxy) is 2. The van der Waals surface area contributed by atoms with Crippen molar-refractivity contribution in [3.8, 4) is 11.5 Å². The smallest absolute Gasteiger partial charge is 0.303 e. The Morgan fingerprint density at radius 3 is 2.55 bits per heavy atom. The summed E-state index contributed by atoms with van der Waals surface area (Å²) in [7, 11) is 1.64. The molecule has 2 aliphatic rings. The number of hydrazone groups is 1. The van der Waals surface area contributed by atoms with Crippen molar-refractivity contribution in [2.45, 2.75) is 64.3 Å². The van der Waals surface area contributed by atoms with Crippen molar-refractivity contribution in [1.29, 1.82) is 0 Å². The summed E-state index contributed by atoms with van der Waals surface area (Å²) in [5.74, 6) is 1.42. The van der Waals surface area contributed by atoms with E-state index in [1.54, 1.807) is 12.1 Å². The van der Waals surface area contributed by atoms with E-state index in [4.69, 9.17) is 14.6 Å². The maximum absolute atomic E-state index is 13.0. The Labute approximate surface area is 178 Å². The van der Waals surface area contributed by atoms with Crippen LogP contribution in [-0.2, 0) is 0 Å². The van der Waals surface area contributed by atoms with Crippen LogP contribution in [0.3, 0.4) is 0 Å². The normalized spacial score (nSPS) is 21.7. The van der Waals surface area contributed by atoms with E-state index < -0.39 is 0 Å². The number of benzene rings is 1. The lowest BCUT2D eigenvalue weighted by Gasteiger charge is -2.40. The van der Waals surface area contributed by atoms with Gasteiger partial charge < -0.3 is 9.47 Å². The van der Waals surface area contributed by atoms with Crippen LogP contribution in [0, 0.1) is 0 Å². The van der Waals surface area contributed by atoms with Gasteiger partial charge >= 0.3 is 5.24 Å². The topological polar surface area (TPSA) is 54.4 Å². The standard InChI is InChI=1S/C22H33N3O3S/c1-5-19-21(16-11-12-17(27-4)18(15-16)28-7-3)23-25(22(26)29-19)20(6-2)24-13-9-8-10-14-24/h11-12,15,19-20H,5-10,13-14H2,1-4H3. The molecule has 0 N–H and O–H groups in total. The zero-order valence-corrected chi connectivity index (χ0v) is 18.8. The molecule has 2 unspecified atom stereocenters. The number of rotatable bonds is 8. The van der Waals surface area contributed by atoms with Crippen LogP contribution < -0.4 is 9.47 Å². The van der Waals surface area contributed by atoms with Gasteiger partial charge in [0.25, 0.3) is 0 Å². The third kappa shape index (κ3) is 4.89. The summed E-state index contributed by atoms with van der Waals surface area (Å²) in [4.78, 5) is 15.4. The lowest BCUT2D eigenvalue weighted by molar-refractivity contribution is 0.0575. The molecule has 3 rings (SSSR count). The van der Waals surface area contributed by atoms with Crippen molar-refractivity contribution >= 4 is 22.7 Å². The van der Waals surface area contributed by atoms with Crippen LogP contribution in [0.1, 0.15) is 58.4 Å². The van der Waals surface area contributed by atoms with Gasteiger partial charge in [0.15, 0.2) is 11.5 Å². The maximum Gasteiger partial charge on any atom is 0.303 e. The van der Waals surface area contributed by atoms with Gasteiger partial charge in [0.05, 0.1) is 24.7 Å². The molecule has 0 aliphatic carbocycles. The lowest BCUT2D eigenvalue weighted by atomic mass is 10.0. The Balaban J connectivity index is 1.97. The van der Waals surface area contributed by atoms with Crippen LogP contribution in [0.4, 0.5) is 4.79 Å². The summed E-state index contributed by atoms with van der Waals surface area (Å²) in [5, 5.41) is 6.75. The van der Waals surface area contributed by atoms with E-state index in [0.29, 0.717) is 18.1 Å². The van der Waals surface area contributed by atoms with Crippen molar-refractivity contribution in [3.63, 3.8) is 0 Å². The SMILES string of the molecule is CCOc1cc(C2=NN(C(CC)N3CCCCC3)C(=O)SC2CC)ccc1OC. The molecule has 1 saturated heterocycles. The van der Waals surface area contributed by atoms with Crippen molar-refractivity contribution in [2.24, 2.45) is 5.10 Å². The highest BCUT2D eigenvalue weighted by molar-refractivity contribution is 8.14. The number of nitrogens with zero attached hydrogens (tertiary/aromatic N) is 3. The van der Waals surface area contributed by atoms with Gasteiger partial charge in [-0.05, 0) is 50.8 Å². The van der Waals surface area contributed by atoms with Gasteiger partial charge in [0.1, 0.15) is 6.17 Å². The van der Waals surface area contributed by atoms with E-state index in [9.17, 15) is 4.79 Å². The molecule has 0 bridgehead atoms. The van der Waals surface area contributed by atoms with Crippen LogP contribution in [-0.4, -0.2) is 59.1 Å². The second kappa shape index (κ2) is 10.3. The predicted octanol–water partition coefficient (Wildman–Crippen LogP) is 4.97. The number of methoxy groups -OCH3 is 1. The number of likely N-dealkylation sites (tertiary alicyclic amines) is 1. The van der Waals surface area contributed by atoms with Gasteiger partial charge in [-0.3, -0.25) is 9.69 Å². The Morgan fingerprint density at radius 2 is 1.93 bits per heavy atom. The predicted molar refractivity (Wildman–Crippen MR) is 119 cm³/mol. The number of hydrogen-bond acceptors (Lipinski definition) is 6. The average Bonchev–Trinajstić information content (AvgIpc) is 2.76. The fourth-order valence-electron chi connectivity index (χ4n) is 4.07. The minimum absolute atomic E-state index is 0.0210. The molecule has 0 spiro atoms. The fraction of sp³-hybridized carbons (Fsp3) is 0.636. The van der Waals surface area contributed by atoms with E-state index in [-0.39, 0.29) is 16.7 Å². The van der Waals surface area contributed by atoms with Crippen LogP contribution in [0.15, 0.2) is 23.3 Å². The molecular formula is C22H33N3O3S. The third-order valence-corrected chi connectivity index (χ3v) is 6.77. The fourth-order valence-corrected chi connectivity index (χ4v) is 5.04. The molecule has 0 radical (unpaired) electrons. The molecule has 2 heterocycles. The van der Waals surface area contributed by atoms with Gasteiger partial charge in [-0.15, -0.1) is 0 Å². The van der Waals surface area contributed by atoms with Crippen LogP contribution in [0.5, 0.6) is 11.5 Å². The molecule has 0 saturated carbocycles. The summed E-state index contributed by atoms with van der Waals surface area (Å²) in [5.41, 5.74) is 1.93. The highest BCUT2D eigenvalue weighted by Gasteiger charge is 2.36. The third-order valence-electron chi connectivity index (χ3n) is 5.54. The van der Waals surface area contributed by atoms with Crippen LogP contribution in [0.25, 0.3) is 0 Å². The Hall–Kier alpha value is -1.73. The average molecular weight is 420 g/mol. The molecule has 29 heavy (non-hydrogen) atoms. The monoisotopic (exact) mass is 419 g/mol. The first-order chi connectivity index (χ1) is 14.1. The number of piperidine rings is 1. The Kier molecular flexibility index (Phi) is 7.84. The zero-order valence-electron chi connectivity index (χ0n) is 18.0. The molecule has 1 aromatic rings. The summed E-state index contributed by atoms with van der Waals surface area (Å²) in [6.45, 7) is 8.83. The zero-order chi connectivity index (χ0) is 20.8. The molecule has 1 aromatic carbocycles. The number of amides is 1. The van der Waals surface area contributed by atoms with E-state index in [1.165, 1.54) is 31.0 Å². The van der Waals surface area contributed by atoms with Gasteiger partial charge in [0, 0.05) is 18.7 Å². The quantitative estimate of drug-likeness (QED) is 0.596. The molecule has 0 aromatic heterocycles. The van der Waals surface area contributed by atoms with Crippen molar-refractivity contribution in [2.75, 3.05) is 26.8 Å². The Morgan fingerprint density at radius 1 is 1.17 bits per heavy atom. The highest BCUT2D eigenvalue weighted by atomic mass is 32.2. The molecule has 7 heteroatoms. The number of thioether (sulfide) groups is 1. The molecule has 1 amide bonds. The number of hydrogen-bond donors (Lipinski definition) is 0. The van der Waals surface area contributed by atoms with Gasteiger partial charge in [-0.2, -0.15) is 5.10 Å². The first-order valence-corrected chi connectivity index (χ1v) is 11.6. The summed E-state index contributed by atoms with van der Waals surface area (Å²) in [6, 6.07) is 5.92. The van der Waals surface area contributed by atoms with Gasteiger partial charge in [-0.1, -0.05) is 32.0 Å². The van der Waals surface area contributed by atoms with E-state index in [1.807, 2.05) is 25.1 Å². The first kappa shape index (κ1) is 22.0. The van der Waals surface area contributed by atoms with E-state index in [2.05, 4.69) is 18.7 Å². The molecule has 2 aliphatic heterocycles. The van der Waals surface area contributed by atoms with Crippen LogP contribution >= 0.6 is 11.8 Å². The summed E-state index contributed by atoms with van der Waals surface area (Å²) in [6.07, 6.45) is 5.39. The van der Waals surface area contributed by atoms with Gasteiger partial charge in [-0.25, -0.2) is 5.01 Å². The molecule has 2 atom stereocenters. The Bertz CT molecular complexity index is 734. The first-order valence-electron chi connectivity index (χ1n) is 10.8. The second-order valence-electron chi connectivity index (χ2n) is 7.39.